The van der Waals surface area contributed by atoms with Crippen LogP contribution in [0.4, 0.5) is 0 Å². The van der Waals surface area contributed by atoms with E-state index in [1.165, 1.54) is 0 Å². The van der Waals surface area contributed by atoms with Gasteiger partial charge in [-0.3, -0.25) is 4.90 Å². The summed E-state index contributed by atoms with van der Waals surface area (Å²) in [4.78, 5) is 2.45. The van der Waals surface area contributed by atoms with E-state index in [9.17, 15) is 0 Å². The van der Waals surface area contributed by atoms with Crippen molar-refractivity contribution in [1.29, 1.82) is 0 Å². The molecular formula is C13H20Cl2N2O. The Kier molecular flexibility index (Phi) is 6.22. The second-order valence-corrected chi connectivity index (χ2v) is 4.92. The molecule has 102 valence electrons. The van der Waals surface area contributed by atoms with Gasteiger partial charge in [0.1, 0.15) is 5.75 Å². The number of halogens is 2. The molecule has 1 saturated heterocycles. The zero-order chi connectivity index (χ0) is 12.3. The van der Waals surface area contributed by atoms with Gasteiger partial charge in [-0.05, 0) is 25.1 Å². The smallest absolute Gasteiger partial charge is 0.123 e. The molecule has 0 unspecified atom stereocenters. The highest BCUT2D eigenvalue weighted by Crippen LogP contribution is 2.24. The lowest BCUT2D eigenvalue weighted by molar-refractivity contribution is 0.164. The van der Waals surface area contributed by atoms with Crippen molar-refractivity contribution < 1.29 is 4.74 Å². The van der Waals surface area contributed by atoms with Crippen molar-refractivity contribution in [3.05, 3.63) is 28.8 Å². The summed E-state index contributed by atoms with van der Waals surface area (Å²) in [6.45, 7) is 6.29. The van der Waals surface area contributed by atoms with E-state index in [1.54, 1.807) is 7.11 Å². The second kappa shape index (κ2) is 7.19. The first-order valence-corrected chi connectivity index (χ1v) is 6.35. The molecule has 2 rings (SSSR count). The van der Waals surface area contributed by atoms with E-state index in [-0.39, 0.29) is 12.4 Å². The number of ether oxygens (including phenoxy) is 1. The van der Waals surface area contributed by atoms with Gasteiger partial charge in [0.15, 0.2) is 0 Å². The Morgan fingerprint density at radius 2 is 2.28 bits per heavy atom. The van der Waals surface area contributed by atoms with Gasteiger partial charge in [-0.25, -0.2) is 0 Å². The molecule has 1 atom stereocenters. The summed E-state index contributed by atoms with van der Waals surface area (Å²) in [6.07, 6.45) is 0. The number of piperazine rings is 1. The van der Waals surface area contributed by atoms with Crippen LogP contribution in [0.5, 0.6) is 5.75 Å². The topological polar surface area (TPSA) is 24.5 Å². The van der Waals surface area contributed by atoms with Crippen molar-refractivity contribution in [2.24, 2.45) is 0 Å². The lowest BCUT2D eigenvalue weighted by Gasteiger charge is -2.34. The van der Waals surface area contributed by atoms with Gasteiger partial charge in [-0.15, -0.1) is 12.4 Å². The first-order chi connectivity index (χ1) is 8.20. The molecule has 1 fully saturated rings. The molecule has 3 nitrogen and oxygen atoms in total. The number of benzene rings is 1. The molecule has 0 saturated carbocycles. The van der Waals surface area contributed by atoms with Gasteiger partial charge in [-0.2, -0.15) is 0 Å². The van der Waals surface area contributed by atoms with Gasteiger partial charge in [0, 0.05) is 42.8 Å². The SMILES string of the molecule is COc1ccc(Cl)cc1CN1CCNC[C@@H]1C.Cl. The normalized spacial score (nSPS) is 20.3. The molecule has 0 bridgehead atoms. The highest BCUT2D eigenvalue weighted by Gasteiger charge is 2.19. The third-order valence-corrected chi connectivity index (χ3v) is 3.49. The highest BCUT2D eigenvalue weighted by molar-refractivity contribution is 6.30. The average molecular weight is 291 g/mol. The lowest BCUT2D eigenvalue weighted by Crippen LogP contribution is -2.49. The third-order valence-electron chi connectivity index (χ3n) is 3.25. The molecule has 1 aliphatic rings. The van der Waals surface area contributed by atoms with Crippen molar-refractivity contribution in [3.63, 3.8) is 0 Å². The minimum atomic E-state index is 0. The highest BCUT2D eigenvalue weighted by atomic mass is 35.5. The molecule has 1 heterocycles. The fraction of sp³-hybridized carbons (Fsp3) is 0.538. The Balaban J connectivity index is 0.00000162. The van der Waals surface area contributed by atoms with E-state index in [1.807, 2.05) is 18.2 Å². The molecular weight excluding hydrogens is 271 g/mol. The molecule has 0 aromatic heterocycles. The zero-order valence-corrected chi connectivity index (χ0v) is 12.4. The van der Waals surface area contributed by atoms with Gasteiger partial charge < -0.3 is 10.1 Å². The largest absolute Gasteiger partial charge is 0.496 e. The number of hydrogen-bond donors (Lipinski definition) is 1. The first-order valence-electron chi connectivity index (χ1n) is 5.98. The van der Waals surface area contributed by atoms with Crippen LogP contribution in [-0.4, -0.2) is 37.7 Å². The summed E-state index contributed by atoms with van der Waals surface area (Å²) in [5, 5.41) is 4.16. The summed E-state index contributed by atoms with van der Waals surface area (Å²) in [7, 11) is 1.70. The predicted octanol–water partition coefficient (Wildman–Crippen LogP) is 2.56. The Hall–Kier alpha value is -0.480. The maximum atomic E-state index is 6.04. The Morgan fingerprint density at radius 3 is 2.94 bits per heavy atom. The molecule has 0 radical (unpaired) electrons. The molecule has 1 N–H and O–H groups in total. The van der Waals surface area contributed by atoms with Crippen molar-refractivity contribution in [2.75, 3.05) is 26.7 Å². The van der Waals surface area contributed by atoms with Crippen LogP contribution in [0.3, 0.4) is 0 Å². The van der Waals surface area contributed by atoms with Crippen LogP contribution in [-0.2, 0) is 6.54 Å². The molecule has 1 aliphatic heterocycles. The van der Waals surface area contributed by atoms with Gasteiger partial charge in [0.05, 0.1) is 7.11 Å². The second-order valence-electron chi connectivity index (χ2n) is 4.48. The van der Waals surface area contributed by atoms with Crippen molar-refractivity contribution >= 4 is 24.0 Å². The van der Waals surface area contributed by atoms with E-state index in [4.69, 9.17) is 16.3 Å². The summed E-state index contributed by atoms with van der Waals surface area (Å²) >= 11 is 6.04. The number of nitrogens with one attached hydrogen (secondary N) is 1. The van der Waals surface area contributed by atoms with Gasteiger partial charge in [0.25, 0.3) is 0 Å². The third kappa shape index (κ3) is 3.75. The minimum Gasteiger partial charge on any atom is -0.496 e. The van der Waals surface area contributed by atoms with E-state index in [0.29, 0.717) is 6.04 Å². The first kappa shape index (κ1) is 15.6. The van der Waals surface area contributed by atoms with E-state index < -0.39 is 0 Å². The number of nitrogens with zero attached hydrogens (tertiary/aromatic N) is 1. The molecule has 0 amide bonds. The maximum absolute atomic E-state index is 6.04. The number of hydrogen-bond acceptors (Lipinski definition) is 3. The fourth-order valence-electron chi connectivity index (χ4n) is 2.21. The molecule has 18 heavy (non-hydrogen) atoms. The Morgan fingerprint density at radius 1 is 1.50 bits per heavy atom. The van der Waals surface area contributed by atoms with E-state index in [2.05, 4.69) is 17.1 Å². The zero-order valence-electron chi connectivity index (χ0n) is 10.8. The van der Waals surface area contributed by atoms with Crippen LogP contribution in [0, 0.1) is 0 Å². The summed E-state index contributed by atoms with van der Waals surface area (Å²) in [5.74, 6) is 0.917. The lowest BCUT2D eigenvalue weighted by atomic mass is 10.1. The quantitative estimate of drug-likeness (QED) is 0.926. The fourth-order valence-corrected chi connectivity index (χ4v) is 2.40. The summed E-state index contributed by atoms with van der Waals surface area (Å²) < 4.78 is 5.38. The van der Waals surface area contributed by atoms with Crippen molar-refractivity contribution in [2.45, 2.75) is 19.5 Å². The van der Waals surface area contributed by atoms with Crippen molar-refractivity contribution in [1.82, 2.24) is 10.2 Å². The van der Waals surface area contributed by atoms with E-state index in [0.717, 1.165) is 42.5 Å². The molecule has 1 aromatic rings. The average Bonchev–Trinajstić information content (AvgIpc) is 2.32. The van der Waals surface area contributed by atoms with Crippen LogP contribution in [0.1, 0.15) is 12.5 Å². The van der Waals surface area contributed by atoms with E-state index >= 15 is 0 Å². The molecule has 0 aliphatic carbocycles. The monoisotopic (exact) mass is 290 g/mol. The summed E-state index contributed by atoms with van der Waals surface area (Å²) in [5.41, 5.74) is 1.16. The number of methoxy groups -OCH3 is 1. The standard InChI is InChI=1S/C13H19ClN2O.ClH/c1-10-8-15-5-6-16(10)9-11-7-12(14)3-4-13(11)17-2;/h3-4,7,10,15H,5-6,8-9H2,1-2H3;1H/t10-;/m0./s1. The van der Waals surface area contributed by atoms with Crippen LogP contribution >= 0.6 is 24.0 Å². The van der Waals surface area contributed by atoms with Gasteiger partial charge in [-0.1, -0.05) is 11.6 Å². The van der Waals surface area contributed by atoms with Gasteiger partial charge >= 0.3 is 0 Å². The molecule has 0 spiro atoms. The van der Waals surface area contributed by atoms with Crippen LogP contribution < -0.4 is 10.1 Å². The maximum Gasteiger partial charge on any atom is 0.123 e. The Labute approximate surface area is 120 Å². The van der Waals surface area contributed by atoms with Crippen LogP contribution in [0.2, 0.25) is 5.02 Å². The molecule has 5 heteroatoms. The van der Waals surface area contributed by atoms with Crippen LogP contribution in [0.15, 0.2) is 18.2 Å². The minimum absolute atomic E-state index is 0. The molecule has 1 aromatic carbocycles. The van der Waals surface area contributed by atoms with Gasteiger partial charge in [0.2, 0.25) is 0 Å². The summed E-state index contributed by atoms with van der Waals surface area (Å²) in [6, 6.07) is 6.34. The van der Waals surface area contributed by atoms with Crippen molar-refractivity contribution in [3.8, 4) is 5.75 Å². The Bertz CT molecular complexity index is 387. The van der Waals surface area contributed by atoms with Crippen LogP contribution in [0.25, 0.3) is 0 Å². The number of rotatable bonds is 3. The predicted molar refractivity (Wildman–Crippen MR) is 78.0 cm³/mol.